The van der Waals surface area contributed by atoms with Crippen LogP contribution in [0.4, 0.5) is 0 Å². The molecule has 0 amide bonds. The van der Waals surface area contributed by atoms with Crippen LogP contribution in [-0.4, -0.2) is 28.6 Å². The topological polar surface area (TPSA) is 0 Å². The molecule has 0 N–H and O–H groups in total. The molecular weight excluding hydrogens is 385 g/mol. The first-order valence-electron chi connectivity index (χ1n) is 7.74. The predicted octanol–water partition coefficient (Wildman–Crippen LogP) is 7.49. The minimum atomic E-state index is 0.108. The minimum Gasteiger partial charge on any atom is -0.130 e. The normalized spacial score (nSPS) is 17.3. The average Bonchev–Trinajstić information content (AvgIpc) is 2.80. The molecule has 0 nitrogen and oxygen atoms in total. The largest absolute Gasteiger partial charge is 0.131 e. The van der Waals surface area contributed by atoms with Crippen molar-refractivity contribution >= 4 is 74.6 Å². The Labute approximate surface area is 163 Å². The van der Waals surface area contributed by atoms with E-state index < -0.39 is 0 Å². The van der Waals surface area contributed by atoms with Gasteiger partial charge in [0.25, 0.3) is 0 Å². The maximum absolute atomic E-state index is 5.67. The summed E-state index contributed by atoms with van der Waals surface area (Å²) in [7, 11) is 0. The first-order chi connectivity index (χ1) is 10.1. The van der Waals surface area contributed by atoms with Gasteiger partial charge in [-0.25, -0.2) is 0 Å². The van der Waals surface area contributed by atoms with Crippen molar-refractivity contribution in [1.29, 1.82) is 0 Å². The van der Waals surface area contributed by atoms with Gasteiger partial charge in [0.05, 0.1) is 0 Å². The highest BCUT2D eigenvalue weighted by molar-refractivity contribution is 8.51. The fourth-order valence-corrected chi connectivity index (χ4v) is 10.9. The summed E-state index contributed by atoms with van der Waals surface area (Å²) in [5, 5.41) is 2.41. The van der Waals surface area contributed by atoms with Gasteiger partial charge in [-0.3, -0.25) is 0 Å². The van der Waals surface area contributed by atoms with E-state index in [2.05, 4.69) is 67.2 Å². The molecule has 0 aliphatic heterocycles. The van der Waals surface area contributed by atoms with Gasteiger partial charge in [-0.2, -0.15) is 0 Å². The van der Waals surface area contributed by atoms with Crippen LogP contribution in [0, 0.1) is 0 Å². The number of hydrogen-bond acceptors (Lipinski definition) is 6. The van der Waals surface area contributed by atoms with Crippen molar-refractivity contribution in [2.45, 2.75) is 80.5 Å². The number of rotatable bonds is 8. The summed E-state index contributed by atoms with van der Waals surface area (Å²) < 4.78 is 1.20. The second kappa shape index (κ2) is 9.33. The fourth-order valence-electron chi connectivity index (χ4n) is 1.83. The molecule has 0 aromatic rings. The van der Waals surface area contributed by atoms with Gasteiger partial charge in [0.1, 0.15) is 7.61 Å². The Balaban J connectivity index is 2.93. The molecule has 1 aliphatic rings. The summed E-state index contributed by atoms with van der Waals surface area (Å²) >= 11 is 15.5. The average molecular weight is 413 g/mol. The molecule has 22 heavy (non-hydrogen) atoms. The maximum Gasteiger partial charge on any atom is 0.131 e. The van der Waals surface area contributed by atoms with E-state index in [0.717, 1.165) is 3.53 Å². The van der Waals surface area contributed by atoms with Crippen molar-refractivity contribution in [2.24, 2.45) is 0 Å². The van der Waals surface area contributed by atoms with Crippen molar-refractivity contribution in [2.75, 3.05) is 0 Å². The van der Waals surface area contributed by atoms with Crippen molar-refractivity contribution in [3.05, 3.63) is 9.81 Å². The van der Waals surface area contributed by atoms with E-state index in [-0.39, 0.29) is 4.08 Å². The SMILES string of the molecule is CC(C)SC(=S)SC1(SC(C)C)C(SC(C)C)=C1SC(C)C. The third kappa shape index (κ3) is 6.47. The molecule has 1 rings (SSSR count). The molecule has 0 aromatic carbocycles. The highest BCUT2D eigenvalue weighted by atomic mass is 32.3. The van der Waals surface area contributed by atoms with Gasteiger partial charge >= 0.3 is 0 Å². The third-order valence-electron chi connectivity index (χ3n) is 2.41. The zero-order valence-electron chi connectivity index (χ0n) is 14.8. The molecular formula is C16H28S6. The van der Waals surface area contributed by atoms with Crippen LogP contribution in [0.1, 0.15) is 55.4 Å². The summed E-state index contributed by atoms with van der Waals surface area (Å²) in [6.07, 6.45) is 0. The standard InChI is InChI=1S/C16H28S6/c1-9(2)18-13-14(19-10(3)4)16(13,21-12(7)8)22-15(17)20-11(5)6/h9-12H,1-8H3. The molecule has 0 atom stereocenters. The molecule has 0 fully saturated rings. The lowest BCUT2D eigenvalue weighted by Crippen LogP contribution is -2.12. The Bertz CT molecular complexity index is 402. The molecule has 0 spiro atoms. The molecule has 0 saturated carbocycles. The van der Waals surface area contributed by atoms with Crippen molar-refractivity contribution in [3.8, 4) is 0 Å². The van der Waals surface area contributed by atoms with Crippen LogP contribution in [0.15, 0.2) is 9.81 Å². The van der Waals surface area contributed by atoms with E-state index in [4.69, 9.17) is 12.2 Å². The first kappa shape index (κ1) is 21.6. The molecule has 0 radical (unpaired) electrons. The highest BCUT2D eigenvalue weighted by Crippen LogP contribution is 2.71. The molecule has 0 heterocycles. The summed E-state index contributed by atoms with van der Waals surface area (Å²) in [5.74, 6) is 0. The van der Waals surface area contributed by atoms with Crippen LogP contribution in [0.3, 0.4) is 0 Å². The lowest BCUT2D eigenvalue weighted by Gasteiger charge is -2.23. The molecule has 0 bridgehead atoms. The van der Waals surface area contributed by atoms with Gasteiger partial charge in [0.2, 0.25) is 0 Å². The molecule has 0 unspecified atom stereocenters. The number of thioether (sulfide) groups is 5. The summed E-state index contributed by atoms with van der Waals surface area (Å²) in [4.78, 5) is 3.13. The second-order valence-corrected chi connectivity index (χ2v) is 15.5. The lowest BCUT2D eigenvalue weighted by atomic mass is 10.6. The third-order valence-corrected chi connectivity index (χ3v) is 9.84. The summed E-state index contributed by atoms with van der Waals surface area (Å²) in [5.41, 5.74) is 0. The van der Waals surface area contributed by atoms with Crippen LogP contribution in [0.5, 0.6) is 0 Å². The first-order valence-corrected chi connectivity index (χ1v) is 12.5. The van der Waals surface area contributed by atoms with E-state index in [1.165, 1.54) is 0 Å². The lowest BCUT2D eigenvalue weighted by molar-refractivity contribution is 1.10. The molecule has 1 aliphatic carbocycles. The van der Waals surface area contributed by atoms with Crippen molar-refractivity contribution in [1.82, 2.24) is 0 Å². The zero-order valence-corrected chi connectivity index (χ0v) is 19.7. The number of hydrogen-bond donors (Lipinski definition) is 0. The molecule has 6 heteroatoms. The Morgan fingerprint density at radius 2 is 1.23 bits per heavy atom. The highest BCUT2D eigenvalue weighted by Gasteiger charge is 2.57. The van der Waals surface area contributed by atoms with Crippen LogP contribution in [-0.2, 0) is 0 Å². The van der Waals surface area contributed by atoms with Crippen molar-refractivity contribution in [3.63, 3.8) is 0 Å². The van der Waals surface area contributed by atoms with Crippen LogP contribution < -0.4 is 0 Å². The van der Waals surface area contributed by atoms with E-state index in [9.17, 15) is 0 Å². The summed E-state index contributed by atoms with van der Waals surface area (Å²) in [6.45, 7) is 18.1. The predicted molar refractivity (Wildman–Crippen MR) is 121 cm³/mol. The Morgan fingerprint density at radius 3 is 1.55 bits per heavy atom. The van der Waals surface area contributed by atoms with Gasteiger partial charge in [0, 0.05) is 30.8 Å². The zero-order chi connectivity index (χ0) is 17.1. The van der Waals surface area contributed by atoms with Crippen molar-refractivity contribution < 1.29 is 0 Å². The molecule has 0 saturated heterocycles. The van der Waals surface area contributed by atoms with Gasteiger partial charge in [-0.1, -0.05) is 79.4 Å². The van der Waals surface area contributed by atoms with E-state index in [1.54, 1.807) is 9.81 Å². The van der Waals surface area contributed by atoms with Gasteiger partial charge in [-0.15, -0.1) is 47.0 Å². The van der Waals surface area contributed by atoms with Gasteiger partial charge in [0.15, 0.2) is 0 Å². The van der Waals surface area contributed by atoms with Gasteiger partial charge < -0.3 is 0 Å². The van der Waals surface area contributed by atoms with Crippen LogP contribution >= 0.6 is 71.0 Å². The molecule has 128 valence electrons. The monoisotopic (exact) mass is 412 g/mol. The quantitative estimate of drug-likeness (QED) is 0.297. The second-order valence-electron chi connectivity index (χ2n) is 6.29. The Hall–Kier alpha value is 1.58. The van der Waals surface area contributed by atoms with E-state index in [0.29, 0.717) is 21.0 Å². The number of thiocarbonyl (C=S) groups is 1. The Morgan fingerprint density at radius 1 is 0.773 bits per heavy atom. The Kier molecular flexibility index (Phi) is 9.17. The summed E-state index contributed by atoms with van der Waals surface area (Å²) in [6, 6.07) is 0. The van der Waals surface area contributed by atoms with E-state index >= 15 is 0 Å². The van der Waals surface area contributed by atoms with Crippen LogP contribution in [0.25, 0.3) is 0 Å². The van der Waals surface area contributed by atoms with Crippen LogP contribution in [0.2, 0.25) is 0 Å². The van der Waals surface area contributed by atoms with Gasteiger partial charge in [-0.05, 0) is 0 Å². The van der Waals surface area contributed by atoms with E-state index in [1.807, 2.05) is 47.0 Å². The maximum atomic E-state index is 5.67. The smallest absolute Gasteiger partial charge is 0.130 e. The fraction of sp³-hybridized carbons (Fsp3) is 0.812. The molecule has 0 aromatic heterocycles. The minimum absolute atomic E-state index is 0.108.